The second-order valence-corrected chi connectivity index (χ2v) is 6.93. The molecule has 1 N–H and O–H groups in total. The number of benzene rings is 2. The van der Waals surface area contributed by atoms with Crippen molar-refractivity contribution in [3.63, 3.8) is 0 Å². The van der Waals surface area contributed by atoms with Gasteiger partial charge < -0.3 is 5.32 Å². The second kappa shape index (κ2) is 5.60. The average Bonchev–Trinajstić information content (AvgIpc) is 2.47. The zero-order valence-electron chi connectivity index (χ0n) is 11.9. The van der Waals surface area contributed by atoms with E-state index in [1.54, 1.807) is 19.2 Å². The lowest BCUT2D eigenvalue weighted by molar-refractivity contribution is 0.172. The van der Waals surface area contributed by atoms with Crippen molar-refractivity contribution in [3.05, 3.63) is 54.6 Å². The summed E-state index contributed by atoms with van der Waals surface area (Å²) in [5.41, 5.74) is 1.66. The van der Waals surface area contributed by atoms with E-state index in [-0.39, 0.29) is 6.17 Å². The number of sulfonamides is 1. The fourth-order valence-electron chi connectivity index (χ4n) is 2.61. The van der Waals surface area contributed by atoms with Gasteiger partial charge in [0.25, 0.3) is 0 Å². The predicted octanol–water partition coefficient (Wildman–Crippen LogP) is 2.29. The summed E-state index contributed by atoms with van der Waals surface area (Å²) >= 11 is 0. The van der Waals surface area contributed by atoms with Crippen LogP contribution in [0.15, 0.2) is 59.5 Å². The molecule has 0 spiro atoms. The van der Waals surface area contributed by atoms with E-state index in [1.807, 2.05) is 42.5 Å². The van der Waals surface area contributed by atoms with E-state index in [0.29, 0.717) is 11.4 Å². The Morgan fingerprint density at radius 3 is 2.33 bits per heavy atom. The molecule has 0 bridgehead atoms. The molecular weight excluding hydrogens is 284 g/mol. The lowest BCUT2D eigenvalue weighted by Crippen LogP contribution is -2.57. The smallest absolute Gasteiger partial charge is 0.245 e. The molecule has 2 aromatic carbocycles. The third kappa shape index (κ3) is 2.48. The van der Waals surface area contributed by atoms with Gasteiger partial charge in [0.05, 0.1) is 11.1 Å². The van der Waals surface area contributed by atoms with Gasteiger partial charge in [-0.25, -0.2) is 8.42 Å². The van der Waals surface area contributed by atoms with Gasteiger partial charge in [-0.3, -0.25) is 0 Å². The van der Waals surface area contributed by atoms with Gasteiger partial charge >= 0.3 is 0 Å². The lowest BCUT2D eigenvalue weighted by Gasteiger charge is -2.39. The molecule has 5 heteroatoms. The molecule has 1 aliphatic rings. The minimum absolute atomic E-state index is 0.0983. The van der Waals surface area contributed by atoms with Crippen molar-refractivity contribution in [2.24, 2.45) is 0 Å². The molecule has 3 rings (SSSR count). The maximum atomic E-state index is 12.9. The molecule has 1 fully saturated rings. The quantitative estimate of drug-likeness (QED) is 0.943. The molecule has 0 saturated carbocycles. The van der Waals surface area contributed by atoms with E-state index in [9.17, 15) is 8.42 Å². The third-order valence-corrected chi connectivity index (χ3v) is 5.83. The van der Waals surface area contributed by atoms with Gasteiger partial charge in [-0.2, -0.15) is 4.31 Å². The Labute approximate surface area is 125 Å². The molecule has 1 heterocycles. The molecule has 2 aromatic rings. The van der Waals surface area contributed by atoms with Crippen molar-refractivity contribution < 1.29 is 8.42 Å². The van der Waals surface area contributed by atoms with Crippen molar-refractivity contribution in [1.29, 1.82) is 0 Å². The van der Waals surface area contributed by atoms with Gasteiger partial charge in [-0.1, -0.05) is 48.5 Å². The Kier molecular flexibility index (Phi) is 3.80. The van der Waals surface area contributed by atoms with Crippen molar-refractivity contribution >= 4 is 10.0 Å². The van der Waals surface area contributed by atoms with Crippen LogP contribution in [0.2, 0.25) is 0 Å². The van der Waals surface area contributed by atoms with Crippen LogP contribution in [0.3, 0.4) is 0 Å². The van der Waals surface area contributed by atoms with E-state index >= 15 is 0 Å². The fraction of sp³-hybridized carbons (Fsp3) is 0.250. The third-order valence-electron chi connectivity index (χ3n) is 3.86. The highest BCUT2D eigenvalue weighted by atomic mass is 32.2. The zero-order chi connectivity index (χ0) is 14.9. The highest BCUT2D eigenvalue weighted by Gasteiger charge is 2.38. The Hall–Kier alpha value is -1.69. The zero-order valence-corrected chi connectivity index (χ0v) is 12.7. The number of hydrogen-bond acceptors (Lipinski definition) is 3. The van der Waals surface area contributed by atoms with E-state index in [2.05, 4.69) is 5.32 Å². The van der Waals surface area contributed by atoms with Crippen LogP contribution in [0.5, 0.6) is 0 Å². The normalized spacial score (nSPS) is 19.2. The SMILES string of the molecule is CN[C@H]1CCN1S(=O)(=O)c1ccccc1-c1ccccc1. The minimum atomic E-state index is -3.47. The Morgan fingerprint density at radius 1 is 1.05 bits per heavy atom. The topological polar surface area (TPSA) is 49.4 Å². The monoisotopic (exact) mass is 302 g/mol. The molecule has 1 saturated heterocycles. The Bertz CT molecular complexity index is 727. The number of rotatable bonds is 4. The first-order valence-electron chi connectivity index (χ1n) is 6.98. The number of nitrogens with one attached hydrogen (secondary N) is 1. The van der Waals surface area contributed by atoms with Crippen LogP contribution in [-0.4, -0.2) is 32.5 Å². The van der Waals surface area contributed by atoms with Crippen molar-refractivity contribution in [2.45, 2.75) is 17.5 Å². The highest BCUT2D eigenvalue weighted by Crippen LogP contribution is 2.32. The lowest BCUT2D eigenvalue weighted by atomic mass is 10.1. The van der Waals surface area contributed by atoms with E-state index in [1.165, 1.54) is 4.31 Å². The summed E-state index contributed by atoms with van der Waals surface area (Å²) in [6.45, 7) is 0.566. The van der Waals surface area contributed by atoms with Crippen LogP contribution in [0, 0.1) is 0 Å². The maximum Gasteiger partial charge on any atom is 0.245 e. The fourth-order valence-corrected chi connectivity index (χ4v) is 4.47. The van der Waals surface area contributed by atoms with Crippen LogP contribution in [0.1, 0.15) is 6.42 Å². The molecule has 0 amide bonds. The molecular formula is C16H18N2O2S. The Morgan fingerprint density at radius 2 is 1.71 bits per heavy atom. The van der Waals surface area contributed by atoms with E-state index in [4.69, 9.17) is 0 Å². The van der Waals surface area contributed by atoms with Gasteiger partial charge in [-0.05, 0) is 25.1 Å². The molecule has 0 unspecified atom stereocenters. The summed E-state index contributed by atoms with van der Waals surface area (Å²) in [6, 6.07) is 16.8. The molecule has 110 valence electrons. The van der Waals surface area contributed by atoms with Crippen molar-refractivity contribution in [3.8, 4) is 11.1 Å². The average molecular weight is 302 g/mol. The number of nitrogens with zero attached hydrogens (tertiary/aromatic N) is 1. The molecule has 1 aliphatic heterocycles. The minimum Gasteiger partial charge on any atom is -0.304 e. The first-order valence-corrected chi connectivity index (χ1v) is 8.42. The van der Waals surface area contributed by atoms with Gasteiger partial charge in [-0.15, -0.1) is 0 Å². The van der Waals surface area contributed by atoms with Crippen LogP contribution >= 0.6 is 0 Å². The summed E-state index contributed by atoms with van der Waals surface area (Å²) in [5.74, 6) is 0. The first kappa shape index (κ1) is 14.3. The molecule has 21 heavy (non-hydrogen) atoms. The Balaban J connectivity index is 2.07. The van der Waals surface area contributed by atoms with E-state index < -0.39 is 10.0 Å². The summed E-state index contributed by atoms with van der Waals surface area (Å²) in [5, 5.41) is 3.03. The molecule has 0 aliphatic carbocycles. The van der Waals surface area contributed by atoms with E-state index in [0.717, 1.165) is 17.5 Å². The summed E-state index contributed by atoms with van der Waals surface area (Å²) in [4.78, 5) is 0.371. The first-order chi connectivity index (χ1) is 10.1. The molecule has 0 radical (unpaired) electrons. The summed E-state index contributed by atoms with van der Waals surface area (Å²) < 4.78 is 27.3. The van der Waals surface area contributed by atoms with Crippen molar-refractivity contribution in [1.82, 2.24) is 9.62 Å². The second-order valence-electron chi connectivity index (χ2n) is 5.07. The van der Waals surface area contributed by atoms with Gasteiger partial charge in [0, 0.05) is 12.1 Å². The molecule has 0 aromatic heterocycles. The number of hydrogen-bond donors (Lipinski definition) is 1. The van der Waals surface area contributed by atoms with Crippen LogP contribution < -0.4 is 5.32 Å². The maximum absolute atomic E-state index is 12.9. The van der Waals surface area contributed by atoms with Gasteiger partial charge in [0.2, 0.25) is 10.0 Å². The van der Waals surface area contributed by atoms with Crippen molar-refractivity contribution in [2.75, 3.05) is 13.6 Å². The highest BCUT2D eigenvalue weighted by molar-refractivity contribution is 7.89. The van der Waals surface area contributed by atoms with Crippen LogP contribution in [0.4, 0.5) is 0 Å². The van der Waals surface area contributed by atoms with Crippen LogP contribution in [0.25, 0.3) is 11.1 Å². The van der Waals surface area contributed by atoms with Gasteiger partial charge in [0.1, 0.15) is 0 Å². The standard InChI is InChI=1S/C16H18N2O2S/c1-17-16-11-12-18(16)21(19,20)15-10-6-5-9-14(15)13-7-3-2-4-8-13/h2-10,16-17H,11-12H2,1H3/t16-/m1/s1. The summed E-state index contributed by atoms with van der Waals surface area (Å²) in [6.07, 6.45) is 0.752. The van der Waals surface area contributed by atoms with Crippen LogP contribution in [-0.2, 0) is 10.0 Å². The molecule has 4 nitrogen and oxygen atoms in total. The summed E-state index contributed by atoms with van der Waals surface area (Å²) in [7, 11) is -1.68. The largest absolute Gasteiger partial charge is 0.304 e. The van der Waals surface area contributed by atoms with Gasteiger partial charge in [0.15, 0.2) is 0 Å². The molecule has 1 atom stereocenters. The predicted molar refractivity (Wildman–Crippen MR) is 83.2 cm³/mol.